The zero-order chi connectivity index (χ0) is 20.1. The molecule has 0 aliphatic carbocycles. The second-order valence-electron chi connectivity index (χ2n) is 6.36. The quantitative estimate of drug-likeness (QED) is 0.614. The van der Waals surface area contributed by atoms with Gasteiger partial charge in [0.1, 0.15) is 6.04 Å². The number of aliphatic hydroxyl groups excluding tert-OH is 1. The lowest BCUT2D eigenvalue weighted by atomic mass is 10.2. The van der Waals surface area contributed by atoms with Gasteiger partial charge >= 0.3 is 6.03 Å². The number of benzene rings is 1. The predicted octanol–water partition coefficient (Wildman–Crippen LogP) is 0.0634. The lowest BCUT2D eigenvalue weighted by Crippen LogP contribution is -2.56. The van der Waals surface area contributed by atoms with Crippen LogP contribution in [0.3, 0.4) is 0 Å². The van der Waals surface area contributed by atoms with Crippen LogP contribution in [0, 0.1) is 0 Å². The summed E-state index contributed by atoms with van der Waals surface area (Å²) >= 11 is 5.88. The number of urea groups is 1. The normalized spacial score (nSPS) is 16.0. The van der Waals surface area contributed by atoms with Gasteiger partial charge in [0, 0.05) is 36.8 Å². The number of aromatic nitrogens is 2. The Morgan fingerprint density at radius 1 is 1.25 bits per heavy atom. The molecule has 1 aliphatic heterocycles. The molecule has 1 atom stereocenters. The Labute approximate surface area is 166 Å². The van der Waals surface area contributed by atoms with Gasteiger partial charge in [0.15, 0.2) is 0 Å². The maximum Gasteiger partial charge on any atom is 0.312 e. The van der Waals surface area contributed by atoms with Gasteiger partial charge in [0.25, 0.3) is 0 Å². The average Bonchev–Trinajstić information content (AvgIpc) is 3.15. The van der Waals surface area contributed by atoms with Gasteiger partial charge in [-0.25, -0.2) is 4.79 Å². The second kappa shape index (κ2) is 9.00. The highest BCUT2D eigenvalue weighted by atomic mass is 35.5. The van der Waals surface area contributed by atoms with Crippen LogP contribution >= 0.6 is 11.6 Å². The molecule has 28 heavy (non-hydrogen) atoms. The molecule has 4 N–H and O–H groups in total. The number of aliphatic hydroxyl groups is 1. The summed E-state index contributed by atoms with van der Waals surface area (Å²) in [4.78, 5) is 31.3. The number of piperazine rings is 1. The van der Waals surface area contributed by atoms with Crippen LogP contribution < -0.4 is 11.1 Å². The highest BCUT2D eigenvalue weighted by Gasteiger charge is 2.28. The number of nitrogens with two attached hydrogens (primary N) is 1. The molecular weight excluding hydrogens is 388 g/mol. The number of nitrogens with one attached hydrogen (secondary N) is 1. The summed E-state index contributed by atoms with van der Waals surface area (Å²) in [6, 6.07) is 5.28. The molecule has 2 aromatic rings. The van der Waals surface area contributed by atoms with Crippen LogP contribution in [0.4, 0.5) is 4.79 Å². The molecule has 3 rings (SSSR count). The third-order valence-corrected chi connectivity index (χ3v) is 4.66. The van der Waals surface area contributed by atoms with E-state index in [-0.39, 0.29) is 5.91 Å². The van der Waals surface area contributed by atoms with Crippen molar-refractivity contribution in [3.05, 3.63) is 35.2 Å². The van der Waals surface area contributed by atoms with Crippen LogP contribution in [-0.4, -0.2) is 75.8 Å². The second-order valence-corrected chi connectivity index (χ2v) is 6.80. The Bertz CT molecular complexity index is 819. The van der Waals surface area contributed by atoms with Crippen molar-refractivity contribution in [3.63, 3.8) is 0 Å². The van der Waals surface area contributed by atoms with Crippen molar-refractivity contribution in [1.82, 2.24) is 25.3 Å². The fraction of sp³-hybridized carbons (Fsp3) is 0.412. The summed E-state index contributed by atoms with van der Waals surface area (Å²) in [6.07, 6.45) is 0. The maximum atomic E-state index is 12.3. The Morgan fingerprint density at radius 3 is 2.54 bits per heavy atom. The van der Waals surface area contributed by atoms with Gasteiger partial charge in [0.2, 0.25) is 17.6 Å². The zero-order valence-electron chi connectivity index (χ0n) is 15.0. The third kappa shape index (κ3) is 4.97. The molecule has 0 unspecified atom stereocenters. The number of primary amides is 1. The Kier molecular flexibility index (Phi) is 6.45. The summed E-state index contributed by atoms with van der Waals surface area (Å²) in [5, 5.41) is 16.1. The van der Waals surface area contributed by atoms with Gasteiger partial charge in [-0.1, -0.05) is 16.8 Å². The molecule has 1 aromatic carbocycles. The zero-order valence-corrected chi connectivity index (χ0v) is 15.8. The number of amides is 3. The van der Waals surface area contributed by atoms with E-state index in [1.54, 1.807) is 17.0 Å². The van der Waals surface area contributed by atoms with Gasteiger partial charge in [-0.3, -0.25) is 9.69 Å². The van der Waals surface area contributed by atoms with Crippen LogP contribution in [-0.2, 0) is 11.3 Å². The first-order valence-electron chi connectivity index (χ1n) is 8.72. The smallest absolute Gasteiger partial charge is 0.312 e. The molecule has 3 amide bonds. The number of carbonyl (C=O) groups is 2. The van der Waals surface area contributed by atoms with E-state index >= 15 is 0 Å². The first-order chi connectivity index (χ1) is 13.5. The van der Waals surface area contributed by atoms with Crippen molar-refractivity contribution in [2.24, 2.45) is 5.73 Å². The van der Waals surface area contributed by atoms with E-state index in [0.29, 0.717) is 49.5 Å². The molecule has 0 spiro atoms. The van der Waals surface area contributed by atoms with Crippen LogP contribution in [0.5, 0.6) is 0 Å². The van der Waals surface area contributed by atoms with Crippen molar-refractivity contribution in [2.75, 3.05) is 32.8 Å². The summed E-state index contributed by atoms with van der Waals surface area (Å²) in [7, 11) is 0. The number of carbonyl (C=O) groups excluding carboxylic acids is 2. The van der Waals surface area contributed by atoms with Crippen molar-refractivity contribution < 1.29 is 19.2 Å². The van der Waals surface area contributed by atoms with Crippen molar-refractivity contribution in [2.45, 2.75) is 12.6 Å². The van der Waals surface area contributed by atoms with E-state index in [0.717, 1.165) is 5.56 Å². The Balaban J connectivity index is 1.52. The number of rotatable bonds is 6. The minimum Gasteiger partial charge on any atom is -0.394 e. The molecule has 0 saturated carbocycles. The van der Waals surface area contributed by atoms with Gasteiger partial charge < -0.3 is 25.6 Å². The Hall–Kier alpha value is -2.69. The maximum absolute atomic E-state index is 12.3. The molecular formula is C17H21ClN6O4. The molecule has 0 bridgehead atoms. The lowest BCUT2D eigenvalue weighted by molar-refractivity contribution is -0.136. The number of nitrogens with zero attached hydrogens (tertiary/aromatic N) is 4. The van der Waals surface area contributed by atoms with Gasteiger partial charge in [-0.2, -0.15) is 4.98 Å². The predicted molar refractivity (Wildman–Crippen MR) is 100 cm³/mol. The molecule has 1 fully saturated rings. The van der Waals surface area contributed by atoms with Gasteiger partial charge in [-0.05, 0) is 24.3 Å². The highest BCUT2D eigenvalue weighted by Crippen LogP contribution is 2.19. The fourth-order valence-electron chi connectivity index (χ4n) is 2.93. The third-order valence-electron chi connectivity index (χ3n) is 4.41. The van der Waals surface area contributed by atoms with E-state index in [1.165, 1.54) is 0 Å². The van der Waals surface area contributed by atoms with E-state index in [2.05, 4.69) is 20.4 Å². The molecule has 2 heterocycles. The van der Waals surface area contributed by atoms with Crippen molar-refractivity contribution in [1.29, 1.82) is 0 Å². The molecule has 1 aliphatic rings. The summed E-state index contributed by atoms with van der Waals surface area (Å²) < 4.78 is 5.31. The standard InChI is InChI=1S/C17H21ClN6O4/c18-12-3-1-11(2-4-12)15-21-14(28-22-15)9-23-5-7-24(8-6-23)16(26)13(10-25)20-17(19)27/h1-4,13,25H,5-10H2,(H3,19,20,27)/t13-/m1/s1. The summed E-state index contributed by atoms with van der Waals surface area (Å²) in [5.41, 5.74) is 5.84. The minimum absolute atomic E-state index is 0.358. The molecule has 11 heteroatoms. The minimum atomic E-state index is -1.03. The molecule has 1 saturated heterocycles. The van der Waals surface area contributed by atoms with E-state index < -0.39 is 18.7 Å². The number of halogens is 1. The molecule has 0 radical (unpaired) electrons. The first-order valence-corrected chi connectivity index (χ1v) is 9.10. The highest BCUT2D eigenvalue weighted by molar-refractivity contribution is 6.30. The summed E-state index contributed by atoms with van der Waals surface area (Å²) in [6.45, 7) is 2.06. The SMILES string of the molecule is NC(=O)N[C@H](CO)C(=O)N1CCN(Cc2nc(-c3ccc(Cl)cc3)no2)CC1. The van der Waals surface area contributed by atoms with E-state index in [9.17, 15) is 14.7 Å². The number of hydrogen-bond donors (Lipinski definition) is 3. The topological polar surface area (TPSA) is 138 Å². The number of hydrogen-bond acceptors (Lipinski definition) is 7. The fourth-order valence-corrected chi connectivity index (χ4v) is 3.06. The van der Waals surface area contributed by atoms with Crippen LogP contribution in [0.25, 0.3) is 11.4 Å². The first kappa shape index (κ1) is 20.1. The van der Waals surface area contributed by atoms with Crippen molar-refractivity contribution >= 4 is 23.5 Å². The Morgan fingerprint density at radius 2 is 1.93 bits per heavy atom. The largest absolute Gasteiger partial charge is 0.394 e. The van der Waals surface area contributed by atoms with Crippen LogP contribution in [0.1, 0.15) is 5.89 Å². The van der Waals surface area contributed by atoms with Crippen LogP contribution in [0.2, 0.25) is 5.02 Å². The molecule has 1 aromatic heterocycles. The monoisotopic (exact) mass is 408 g/mol. The van der Waals surface area contributed by atoms with Crippen LogP contribution in [0.15, 0.2) is 28.8 Å². The molecule has 150 valence electrons. The summed E-state index contributed by atoms with van der Waals surface area (Å²) in [5.74, 6) is 0.612. The molecule has 10 nitrogen and oxygen atoms in total. The van der Waals surface area contributed by atoms with Gasteiger partial charge in [0.05, 0.1) is 13.2 Å². The van der Waals surface area contributed by atoms with Crippen molar-refractivity contribution in [3.8, 4) is 11.4 Å². The van der Waals surface area contributed by atoms with E-state index in [4.69, 9.17) is 21.9 Å². The van der Waals surface area contributed by atoms with E-state index in [1.807, 2.05) is 12.1 Å². The van der Waals surface area contributed by atoms with Gasteiger partial charge in [-0.15, -0.1) is 0 Å². The lowest BCUT2D eigenvalue weighted by Gasteiger charge is -2.35. The average molecular weight is 409 g/mol.